The number of alkyl halides is 3. The predicted molar refractivity (Wildman–Crippen MR) is 75.7 cm³/mol. The van der Waals surface area contributed by atoms with E-state index in [9.17, 15) is 21.6 Å². The molecule has 2 aromatic heterocycles. The highest BCUT2D eigenvalue weighted by Gasteiger charge is 2.34. The highest BCUT2D eigenvalue weighted by Crippen LogP contribution is 2.35. The van der Waals surface area contributed by atoms with Crippen molar-refractivity contribution < 1.29 is 21.6 Å². The van der Waals surface area contributed by atoms with Gasteiger partial charge in [-0.1, -0.05) is 0 Å². The highest BCUT2D eigenvalue weighted by molar-refractivity contribution is 9.10. The summed E-state index contributed by atoms with van der Waals surface area (Å²) in [4.78, 5) is 3.50. The maximum absolute atomic E-state index is 12.8. The molecule has 1 N–H and O–H groups in total. The van der Waals surface area contributed by atoms with Crippen LogP contribution in [0.2, 0.25) is 0 Å². The maximum Gasteiger partial charge on any atom is 0.417 e. The minimum absolute atomic E-state index is 0.131. The van der Waals surface area contributed by atoms with Gasteiger partial charge in [-0.15, -0.1) is 0 Å². The monoisotopic (exact) mass is 398 g/mol. The number of aromatic nitrogens is 3. The van der Waals surface area contributed by atoms with Crippen molar-refractivity contribution in [3.05, 3.63) is 34.2 Å². The molecule has 22 heavy (non-hydrogen) atoms. The predicted octanol–water partition coefficient (Wildman–Crippen LogP) is 2.71. The first-order valence-corrected chi connectivity index (χ1v) is 8.04. The molecule has 120 valence electrons. The second kappa shape index (κ2) is 5.54. The molecule has 2 aromatic rings. The summed E-state index contributed by atoms with van der Waals surface area (Å²) in [5.74, 6) is -0.432. The third-order valence-electron chi connectivity index (χ3n) is 2.88. The molecule has 0 aromatic carbocycles. The van der Waals surface area contributed by atoms with Crippen molar-refractivity contribution in [2.75, 3.05) is 4.72 Å². The van der Waals surface area contributed by atoms with Gasteiger partial charge in [-0.3, -0.25) is 9.40 Å². The van der Waals surface area contributed by atoms with Gasteiger partial charge in [0.05, 0.1) is 17.5 Å². The van der Waals surface area contributed by atoms with Crippen molar-refractivity contribution in [1.29, 1.82) is 0 Å². The Morgan fingerprint density at radius 1 is 1.32 bits per heavy atom. The molecule has 11 heteroatoms. The first-order chi connectivity index (χ1) is 10.0. The van der Waals surface area contributed by atoms with Gasteiger partial charge in [-0.25, -0.2) is 13.4 Å². The number of sulfonamides is 1. The fraction of sp³-hybridized carbons (Fsp3) is 0.273. The number of rotatable bonds is 3. The van der Waals surface area contributed by atoms with Crippen molar-refractivity contribution in [3.8, 4) is 0 Å². The molecule has 0 aliphatic carbocycles. The second-order valence-corrected chi connectivity index (χ2v) is 6.88. The molecule has 6 nitrogen and oxygen atoms in total. The van der Waals surface area contributed by atoms with Crippen LogP contribution in [0.15, 0.2) is 27.8 Å². The number of hydrogen-bond acceptors (Lipinski definition) is 4. The van der Waals surface area contributed by atoms with Gasteiger partial charge in [0.15, 0.2) is 0 Å². The quantitative estimate of drug-likeness (QED) is 0.861. The first-order valence-electron chi connectivity index (χ1n) is 5.76. The van der Waals surface area contributed by atoms with Crippen molar-refractivity contribution in [3.63, 3.8) is 0 Å². The Hall–Kier alpha value is -1.62. The van der Waals surface area contributed by atoms with E-state index in [1.54, 1.807) is 7.05 Å². The topological polar surface area (TPSA) is 76.9 Å². The van der Waals surface area contributed by atoms with E-state index >= 15 is 0 Å². The third kappa shape index (κ3) is 3.24. The van der Waals surface area contributed by atoms with Crippen LogP contribution < -0.4 is 4.72 Å². The lowest BCUT2D eigenvalue weighted by Crippen LogP contribution is -2.16. The van der Waals surface area contributed by atoms with E-state index in [4.69, 9.17) is 0 Å². The third-order valence-corrected chi connectivity index (χ3v) is 4.97. The number of pyridine rings is 1. The van der Waals surface area contributed by atoms with Gasteiger partial charge in [0.1, 0.15) is 10.7 Å². The van der Waals surface area contributed by atoms with E-state index in [0.29, 0.717) is 11.8 Å². The Balaban J connectivity index is 2.41. The highest BCUT2D eigenvalue weighted by atomic mass is 79.9. The number of nitrogens with zero attached hydrogens (tertiary/aromatic N) is 3. The summed E-state index contributed by atoms with van der Waals surface area (Å²) in [5, 5.41) is 3.78. The molecule has 0 fully saturated rings. The molecule has 2 rings (SSSR count). The minimum atomic E-state index is -4.63. The van der Waals surface area contributed by atoms with Crippen LogP contribution in [0.4, 0.5) is 19.0 Å². The molecule has 0 saturated carbocycles. The first kappa shape index (κ1) is 16.7. The lowest BCUT2D eigenvalue weighted by Gasteiger charge is -2.12. The molecule has 0 unspecified atom stereocenters. The molecule has 2 heterocycles. The molecule has 0 saturated heterocycles. The number of nitrogens with one attached hydrogen (secondary N) is 1. The van der Waals surface area contributed by atoms with Gasteiger partial charge in [-0.2, -0.15) is 18.3 Å². The van der Waals surface area contributed by atoms with Gasteiger partial charge in [0.2, 0.25) is 0 Å². The molecular weight excluding hydrogens is 389 g/mol. The number of hydrogen-bond donors (Lipinski definition) is 1. The standard InChI is InChI=1S/C11H10BrF3N4O2S/c1-6-9(5-17-19(6)2)22(20,21)18-10-3-7(11(13,14)15)8(12)4-16-10/h3-5H,1-2H3,(H,16,18). The fourth-order valence-corrected chi connectivity index (χ4v) is 3.29. The second-order valence-electron chi connectivity index (χ2n) is 4.37. The van der Waals surface area contributed by atoms with Crippen LogP contribution >= 0.6 is 15.9 Å². The van der Waals surface area contributed by atoms with Gasteiger partial charge >= 0.3 is 6.18 Å². The number of aryl methyl sites for hydroxylation is 1. The molecule has 0 aliphatic rings. The average molecular weight is 399 g/mol. The average Bonchev–Trinajstić information content (AvgIpc) is 2.71. The smallest absolute Gasteiger partial charge is 0.272 e. The van der Waals surface area contributed by atoms with Crippen LogP contribution in [-0.2, 0) is 23.2 Å². The number of halogens is 4. The van der Waals surface area contributed by atoms with Crippen LogP contribution in [0.5, 0.6) is 0 Å². The molecule has 0 radical (unpaired) electrons. The zero-order valence-electron chi connectivity index (χ0n) is 11.3. The number of anilines is 1. The normalized spacial score (nSPS) is 12.5. The van der Waals surface area contributed by atoms with Crippen molar-refractivity contribution in [1.82, 2.24) is 14.8 Å². The Kier molecular flexibility index (Phi) is 4.22. The van der Waals surface area contributed by atoms with Crippen LogP contribution in [0.25, 0.3) is 0 Å². The summed E-state index contributed by atoms with van der Waals surface area (Å²) in [5.41, 5.74) is -0.677. The maximum atomic E-state index is 12.8. The molecule has 0 aliphatic heterocycles. The van der Waals surface area contributed by atoms with E-state index in [0.717, 1.165) is 12.4 Å². The van der Waals surface area contributed by atoms with E-state index in [-0.39, 0.29) is 9.37 Å². The van der Waals surface area contributed by atoms with E-state index < -0.39 is 27.6 Å². The van der Waals surface area contributed by atoms with Crippen LogP contribution in [0.1, 0.15) is 11.3 Å². The Morgan fingerprint density at radius 2 is 1.95 bits per heavy atom. The Morgan fingerprint density at radius 3 is 2.45 bits per heavy atom. The van der Waals surface area contributed by atoms with Crippen molar-refractivity contribution in [2.45, 2.75) is 18.0 Å². The summed E-state index contributed by atoms with van der Waals surface area (Å²) < 4.78 is 65.9. The molecule has 0 bridgehead atoms. The molecular formula is C11H10BrF3N4O2S. The largest absolute Gasteiger partial charge is 0.417 e. The molecule has 0 spiro atoms. The zero-order chi connectivity index (χ0) is 16.7. The fourth-order valence-electron chi connectivity index (χ4n) is 1.65. The summed E-state index contributed by atoms with van der Waals surface area (Å²) >= 11 is 2.73. The lowest BCUT2D eigenvalue weighted by molar-refractivity contribution is -0.138. The SMILES string of the molecule is Cc1c(S(=O)(=O)Nc2cc(C(F)(F)F)c(Br)cn2)cnn1C. The summed E-state index contributed by atoms with van der Waals surface area (Å²) in [6.07, 6.45) is -2.63. The van der Waals surface area contributed by atoms with Gasteiger partial charge in [-0.05, 0) is 28.9 Å². The van der Waals surface area contributed by atoms with E-state index in [1.165, 1.54) is 11.6 Å². The van der Waals surface area contributed by atoms with Crippen molar-refractivity contribution >= 4 is 31.8 Å². The summed E-state index contributed by atoms with van der Waals surface area (Å²) in [6.45, 7) is 1.53. The van der Waals surface area contributed by atoms with E-state index in [1.807, 2.05) is 4.72 Å². The van der Waals surface area contributed by atoms with Gasteiger partial charge in [0, 0.05) is 17.7 Å². The van der Waals surface area contributed by atoms with E-state index in [2.05, 4.69) is 26.0 Å². The summed E-state index contributed by atoms with van der Waals surface area (Å²) in [7, 11) is -2.53. The lowest BCUT2D eigenvalue weighted by atomic mass is 10.2. The Labute approximate surface area is 132 Å². The zero-order valence-corrected chi connectivity index (χ0v) is 13.7. The van der Waals surface area contributed by atoms with Crippen LogP contribution in [0.3, 0.4) is 0 Å². The summed E-state index contributed by atoms with van der Waals surface area (Å²) in [6, 6.07) is 0.618. The molecule has 0 amide bonds. The van der Waals surface area contributed by atoms with Crippen LogP contribution in [0, 0.1) is 6.92 Å². The Bertz CT molecular complexity index is 817. The van der Waals surface area contributed by atoms with Crippen molar-refractivity contribution in [2.24, 2.45) is 7.05 Å². The van der Waals surface area contributed by atoms with Crippen LogP contribution in [-0.4, -0.2) is 23.2 Å². The van der Waals surface area contributed by atoms with Gasteiger partial charge < -0.3 is 0 Å². The van der Waals surface area contributed by atoms with Gasteiger partial charge in [0.25, 0.3) is 10.0 Å². The minimum Gasteiger partial charge on any atom is -0.272 e. The molecule has 0 atom stereocenters.